The van der Waals surface area contributed by atoms with E-state index >= 15 is 0 Å². The first-order valence-corrected chi connectivity index (χ1v) is 10.5. The summed E-state index contributed by atoms with van der Waals surface area (Å²) >= 11 is 0. The minimum absolute atomic E-state index is 0.111. The van der Waals surface area contributed by atoms with E-state index in [0.717, 1.165) is 16.5 Å². The number of rotatable bonds is 6. The third kappa shape index (κ3) is 5.06. The summed E-state index contributed by atoms with van der Waals surface area (Å²) in [7, 11) is 1.44. The number of methoxy groups -OCH3 is 1. The first-order valence-electron chi connectivity index (χ1n) is 10.5. The summed E-state index contributed by atoms with van der Waals surface area (Å²) in [5, 5.41) is 0. The first kappa shape index (κ1) is 24.1. The zero-order chi connectivity index (χ0) is 25.3. The monoisotopic (exact) mass is 487 g/mol. The number of ether oxygens (including phenoxy) is 2. The number of hydrogen-bond donors (Lipinski definition) is 0. The van der Waals surface area contributed by atoms with Crippen molar-refractivity contribution in [2.75, 3.05) is 7.11 Å². The van der Waals surface area contributed by atoms with Gasteiger partial charge in [0.15, 0.2) is 5.75 Å². The van der Waals surface area contributed by atoms with Crippen molar-refractivity contribution in [3.05, 3.63) is 100 Å². The summed E-state index contributed by atoms with van der Waals surface area (Å²) in [6.07, 6.45) is -0.623. The number of nitrogens with zero attached hydrogens (tertiary/aromatic N) is 3. The maximum atomic E-state index is 13.6. The summed E-state index contributed by atoms with van der Waals surface area (Å²) in [4.78, 5) is 17.3. The van der Waals surface area contributed by atoms with Crippen LogP contribution < -0.4 is 15.0 Å². The van der Waals surface area contributed by atoms with E-state index in [-0.39, 0.29) is 5.75 Å². The topological polar surface area (TPSA) is 58.3 Å². The molecule has 0 amide bonds. The van der Waals surface area contributed by atoms with Crippen molar-refractivity contribution in [2.24, 2.45) is 0 Å². The highest BCUT2D eigenvalue weighted by Gasteiger charge is 2.33. The highest BCUT2D eigenvalue weighted by Crippen LogP contribution is 2.34. The van der Waals surface area contributed by atoms with Gasteiger partial charge in [-0.25, -0.2) is 9.37 Å². The van der Waals surface area contributed by atoms with E-state index in [0.29, 0.717) is 23.1 Å². The second-order valence-electron chi connectivity index (χ2n) is 7.89. The molecule has 0 aliphatic heterocycles. The van der Waals surface area contributed by atoms with E-state index in [2.05, 4.69) is 4.98 Å². The van der Waals surface area contributed by atoms with Gasteiger partial charge in [0, 0.05) is 24.5 Å². The zero-order valence-electron chi connectivity index (χ0n) is 19.0. The molecule has 0 aliphatic carbocycles. The summed E-state index contributed by atoms with van der Waals surface area (Å²) in [6, 6.07) is 9.66. The molecule has 4 aromatic rings. The standard InChI is InChI=1S/C25H21F4N3O3/c1-15-12-31(14-30-15)21-9-8-20(11-22(21)34-3)35-23-10-18(25(27,28)29)13-32(24(23)33)16(2)17-4-6-19(26)7-5-17/h4-14,16H,1-3H3. The number of halogens is 4. The average Bonchev–Trinajstić information content (AvgIpc) is 3.25. The van der Waals surface area contributed by atoms with Crippen LogP contribution in [0.25, 0.3) is 5.69 Å². The Labute approximate surface area is 198 Å². The molecule has 0 saturated carbocycles. The number of aryl methyl sites for hydroxylation is 1. The lowest BCUT2D eigenvalue weighted by atomic mass is 10.1. The predicted molar refractivity (Wildman–Crippen MR) is 121 cm³/mol. The van der Waals surface area contributed by atoms with Crippen molar-refractivity contribution in [2.45, 2.75) is 26.1 Å². The van der Waals surface area contributed by atoms with Crippen molar-refractivity contribution in [3.63, 3.8) is 0 Å². The maximum absolute atomic E-state index is 13.6. The van der Waals surface area contributed by atoms with Crippen LogP contribution in [0.2, 0.25) is 0 Å². The van der Waals surface area contributed by atoms with Crippen LogP contribution in [-0.4, -0.2) is 21.2 Å². The average molecular weight is 487 g/mol. The number of imidazole rings is 1. The van der Waals surface area contributed by atoms with E-state index in [1.165, 1.54) is 43.5 Å². The molecule has 0 N–H and O–H groups in total. The lowest BCUT2D eigenvalue weighted by Gasteiger charge is -2.20. The van der Waals surface area contributed by atoms with Crippen LogP contribution in [0, 0.1) is 12.7 Å². The molecule has 6 nitrogen and oxygen atoms in total. The molecule has 0 saturated heterocycles. The van der Waals surface area contributed by atoms with Gasteiger partial charge >= 0.3 is 6.18 Å². The number of benzene rings is 2. The maximum Gasteiger partial charge on any atom is 0.417 e. The molecule has 1 unspecified atom stereocenters. The molecule has 0 spiro atoms. The van der Waals surface area contributed by atoms with E-state index < -0.39 is 34.9 Å². The molecule has 4 rings (SSSR count). The molecule has 35 heavy (non-hydrogen) atoms. The van der Waals surface area contributed by atoms with E-state index in [1.54, 1.807) is 30.1 Å². The molecule has 0 fully saturated rings. The Bertz CT molecular complexity index is 1410. The summed E-state index contributed by atoms with van der Waals surface area (Å²) in [5.74, 6) is -0.529. The van der Waals surface area contributed by atoms with Crippen LogP contribution in [-0.2, 0) is 6.18 Å². The number of aromatic nitrogens is 3. The van der Waals surface area contributed by atoms with Crippen molar-refractivity contribution < 1.29 is 27.0 Å². The molecule has 10 heteroatoms. The summed E-state index contributed by atoms with van der Waals surface area (Å²) in [5.41, 5.74) is 0.0427. The van der Waals surface area contributed by atoms with Gasteiger partial charge < -0.3 is 18.6 Å². The first-order chi connectivity index (χ1) is 16.6. The zero-order valence-corrected chi connectivity index (χ0v) is 19.0. The fourth-order valence-electron chi connectivity index (χ4n) is 3.61. The molecule has 182 valence electrons. The molecule has 2 heterocycles. The van der Waals surface area contributed by atoms with Gasteiger partial charge in [-0.3, -0.25) is 4.79 Å². The van der Waals surface area contributed by atoms with Gasteiger partial charge in [0.2, 0.25) is 0 Å². The second kappa shape index (κ2) is 9.28. The van der Waals surface area contributed by atoms with Gasteiger partial charge in [0.1, 0.15) is 17.3 Å². The number of alkyl halides is 3. The minimum atomic E-state index is -4.73. The quantitative estimate of drug-likeness (QED) is 0.317. The number of hydrogen-bond acceptors (Lipinski definition) is 4. The molecule has 0 aliphatic rings. The second-order valence-corrected chi connectivity index (χ2v) is 7.89. The lowest BCUT2D eigenvalue weighted by Crippen LogP contribution is -2.26. The third-order valence-corrected chi connectivity index (χ3v) is 5.48. The smallest absolute Gasteiger partial charge is 0.417 e. The van der Waals surface area contributed by atoms with Crippen LogP contribution in [0.15, 0.2) is 72.0 Å². The lowest BCUT2D eigenvalue weighted by molar-refractivity contribution is -0.138. The van der Waals surface area contributed by atoms with Gasteiger partial charge in [-0.1, -0.05) is 12.1 Å². The summed E-state index contributed by atoms with van der Waals surface area (Å²) < 4.78 is 67.9. The molecule has 0 bridgehead atoms. The molecular formula is C25H21F4N3O3. The van der Waals surface area contributed by atoms with Gasteiger partial charge in [-0.15, -0.1) is 0 Å². The normalized spacial score (nSPS) is 12.4. The largest absolute Gasteiger partial charge is 0.494 e. The Balaban J connectivity index is 1.76. The van der Waals surface area contributed by atoms with Crippen molar-refractivity contribution >= 4 is 0 Å². The fraction of sp³-hybridized carbons (Fsp3) is 0.200. The van der Waals surface area contributed by atoms with Crippen LogP contribution in [0.5, 0.6) is 17.2 Å². The Kier molecular flexibility index (Phi) is 6.38. The predicted octanol–water partition coefficient (Wildman–Crippen LogP) is 5.91. The van der Waals surface area contributed by atoms with Gasteiger partial charge in [0.05, 0.1) is 36.4 Å². The Morgan fingerprint density at radius 3 is 2.31 bits per heavy atom. The molecule has 2 aromatic heterocycles. The van der Waals surface area contributed by atoms with Gasteiger partial charge in [-0.05, 0) is 43.7 Å². The van der Waals surface area contributed by atoms with E-state index in [1.807, 2.05) is 6.92 Å². The Morgan fingerprint density at radius 2 is 1.71 bits per heavy atom. The Hall–Kier alpha value is -4.08. The van der Waals surface area contributed by atoms with Crippen molar-refractivity contribution in [3.8, 4) is 22.9 Å². The molecule has 1 atom stereocenters. The molecular weight excluding hydrogens is 466 g/mol. The van der Waals surface area contributed by atoms with Crippen molar-refractivity contribution in [1.82, 2.24) is 14.1 Å². The molecule has 0 radical (unpaired) electrons. The number of pyridine rings is 1. The van der Waals surface area contributed by atoms with Crippen LogP contribution in [0.4, 0.5) is 17.6 Å². The minimum Gasteiger partial charge on any atom is -0.494 e. The summed E-state index contributed by atoms with van der Waals surface area (Å²) in [6.45, 7) is 3.37. The highest BCUT2D eigenvalue weighted by atomic mass is 19.4. The van der Waals surface area contributed by atoms with Gasteiger partial charge in [0.25, 0.3) is 5.56 Å². The third-order valence-electron chi connectivity index (χ3n) is 5.48. The van der Waals surface area contributed by atoms with Crippen molar-refractivity contribution in [1.29, 1.82) is 0 Å². The van der Waals surface area contributed by atoms with E-state index in [9.17, 15) is 22.4 Å². The fourth-order valence-corrected chi connectivity index (χ4v) is 3.61. The van der Waals surface area contributed by atoms with Crippen LogP contribution in [0.1, 0.15) is 29.8 Å². The highest BCUT2D eigenvalue weighted by molar-refractivity contribution is 5.52. The SMILES string of the molecule is COc1cc(Oc2cc(C(F)(F)F)cn(C(C)c3ccc(F)cc3)c2=O)ccc1-n1cnc(C)c1. The Morgan fingerprint density at radius 1 is 1.00 bits per heavy atom. The van der Waals surface area contributed by atoms with Crippen LogP contribution >= 0.6 is 0 Å². The van der Waals surface area contributed by atoms with E-state index in [4.69, 9.17) is 9.47 Å². The molecule has 2 aromatic carbocycles. The van der Waals surface area contributed by atoms with Gasteiger partial charge in [-0.2, -0.15) is 13.2 Å². The van der Waals surface area contributed by atoms with Crippen LogP contribution in [0.3, 0.4) is 0 Å².